The molecule has 0 fully saturated rings. The maximum atomic E-state index is 13.6. The number of rotatable bonds is 4. The summed E-state index contributed by atoms with van der Waals surface area (Å²) in [6.07, 6.45) is 0. The minimum Gasteiger partial charge on any atom is -0.435 e. The van der Waals surface area contributed by atoms with Crippen molar-refractivity contribution in [2.75, 3.05) is 0 Å². The van der Waals surface area contributed by atoms with Crippen LogP contribution >= 0.6 is 8.38 Å². The quantitative estimate of drug-likeness (QED) is 0.654. The highest BCUT2D eigenvalue weighted by Crippen LogP contribution is 2.44. The highest BCUT2D eigenvalue weighted by molar-refractivity contribution is 7.45. The fourth-order valence-electron chi connectivity index (χ4n) is 1.76. The lowest BCUT2D eigenvalue weighted by molar-refractivity contribution is -0.0498. The van der Waals surface area contributed by atoms with E-state index in [-0.39, 0.29) is 11.3 Å². The lowest BCUT2D eigenvalue weighted by Crippen LogP contribution is -2.01. The van der Waals surface area contributed by atoms with Crippen molar-refractivity contribution in [3.05, 3.63) is 65.2 Å². The number of hydrogen-bond donors (Lipinski definition) is 2. The highest BCUT2D eigenvalue weighted by Gasteiger charge is 2.18. The van der Waals surface area contributed by atoms with Crippen molar-refractivity contribution in [3.8, 4) is 17.6 Å². The van der Waals surface area contributed by atoms with Crippen molar-refractivity contribution in [3.63, 3.8) is 0 Å². The Bertz CT molecular complexity index is 709. The van der Waals surface area contributed by atoms with Gasteiger partial charge >= 0.3 is 6.61 Å². The van der Waals surface area contributed by atoms with Crippen LogP contribution in [-0.4, -0.2) is 16.4 Å². The third-order valence-electron chi connectivity index (χ3n) is 2.80. The van der Waals surface area contributed by atoms with E-state index in [0.717, 1.165) is 0 Å². The van der Waals surface area contributed by atoms with E-state index in [1.165, 1.54) is 36.4 Å². The molecule has 0 saturated carbocycles. The zero-order valence-corrected chi connectivity index (χ0v) is 12.6. The van der Waals surface area contributed by atoms with E-state index < -0.39 is 20.9 Å². The number of halogens is 3. The Morgan fingerprint density at radius 2 is 1.57 bits per heavy atom. The maximum Gasteiger partial charge on any atom is 0.387 e. The van der Waals surface area contributed by atoms with Crippen molar-refractivity contribution < 1.29 is 27.7 Å². The standard InChI is InChI=1S/C16H12F3O3P/c17-15(23(20)21)13-3-1-2-12(10-13)5-4-11-6-8-14(9-7-11)22-16(18)19/h1-3,6-10,15-16,20-21H. The summed E-state index contributed by atoms with van der Waals surface area (Å²) >= 11 is 0. The van der Waals surface area contributed by atoms with E-state index in [1.807, 2.05) is 0 Å². The van der Waals surface area contributed by atoms with Gasteiger partial charge in [-0.3, -0.25) is 0 Å². The van der Waals surface area contributed by atoms with Crippen LogP contribution in [0.4, 0.5) is 13.2 Å². The number of benzene rings is 2. The Balaban J connectivity index is 2.14. The summed E-state index contributed by atoms with van der Waals surface area (Å²) in [5.74, 6) is 3.78. The summed E-state index contributed by atoms with van der Waals surface area (Å²) < 4.78 is 41.9. The topological polar surface area (TPSA) is 49.7 Å². The van der Waals surface area contributed by atoms with Gasteiger partial charge in [-0.05, 0) is 42.0 Å². The maximum absolute atomic E-state index is 13.6. The molecule has 0 radical (unpaired) electrons. The van der Waals surface area contributed by atoms with Crippen molar-refractivity contribution >= 4 is 8.38 Å². The minimum absolute atomic E-state index is 0.0343. The molecule has 23 heavy (non-hydrogen) atoms. The van der Waals surface area contributed by atoms with E-state index in [9.17, 15) is 13.2 Å². The van der Waals surface area contributed by atoms with Crippen LogP contribution < -0.4 is 4.74 Å². The fourth-order valence-corrected chi connectivity index (χ4v) is 2.19. The van der Waals surface area contributed by atoms with Crippen LogP contribution in [0.15, 0.2) is 48.5 Å². The Kier molecular flexibility index (Phi) is 6.00. The molecule has 1 unspecified atom stereocenters. The Morgan fingerprint density at radius 3 is 2.17 bits per heavy atom. The Hall–Kier alpha value is -2.06. The zero-order valence-electron chi connectivity index (χ0n) is 11.7. The molecule has 0 aromatic heterocycles. The zero-order chi connectivity index (χ0) is 16.8. The van der Waals surface area contributed by atoms with Gasteiger partial charge in [-0.2, -0.15) is 8.78 Å². The molecule has 2 aromatic rings. The lowest BCUT2D eigenvalue weighted by atomic mass is 10.1. The first-order valence-corrected chi connectivity index (χ1v) is 7.75. The molecular formula is C16H12F3O3P. The summed E-state index contributed by atoms with van der Waals surface area (Å²) in [5, 5.41) is 0. The summed E-state index contributed by atoms with van der Waals surface area (Å²) in [5.41, 5.74) is 1.20. The smallest absolute Gasteiger partial charge is 0.387 e. The molecule has 2 rings (SSSR count). The SMILES string of the molecule is OP(O)C(F)c1cccc(C#Cc2ccc(OC(F)F)cc2)c1. The van der Waals surface area contributed by atoms with Gasteiger partial charge in [-0.1, -0.05) is 24.0 Å². The average molecular weight is 340 g/mol. The minimum atomic E-state index is -2.88. The van der Waals surface area contributed by atoms with Crippen LogP contribution in [0, 0.1) is 11.8 Å². The van der Waals surface area contributed by atoms with E-state index in [0.29, 0.717) is 11.1 Å². The van der Waals surface area contributed by atoms with Crippen molar-refractivity contribution in [2.24, 2.45) is 0 Å². The largest absolute Gasteiger partial charge is 0.435 e. The van der Waals surface area contributed by atoms with Crippen LogP contribution in [0.5, 0.6) is 5.75 Å². The molecule has 120 valence electrons. The Labute approximate surface area is 132 Å². The first-order valence-electron chi connectivity index (χ1n) is 6.43. The van der Waals surface area contributed by atoms with Crippen LogP contribution in [0.2, 0.25) is 0 Å². The second kappa shape index (κ2) is 7.98. The van der Waals surface area contributed by atoms with Gasteiger partial charge in [0, 0.05) is 11.1 Å². The molecule has 0 heterocycles. The van der Waals surface area contributed by atoms with Crippen molar-refractivity contribution in [2.45, 2.75) is 12.5 Å². The molecule has 0 bridgehead atoms. The third-order valence-corrected chi connectivity index (χ3v) is 3.50. The summed E-state index contributed by atoms with van der Waals surface area (Å²) in [7, 11) is -2.70. The van der Waals surface area contributed by atoms with Crippen LogP contribution in [0.3, 0.4) is 0 Å². The Morgan fingerprint density at radius 1 is 0.913 bits per heavy atom. The van der Waals surface area contributed by atoms with Gasteiger partial charge in [0.25, 0.3) is 0 Å². The van der Waals surface area contributed by atoms with Crippen LogP contribution in [-0.2, 0) is 0 Å². The summed E-state index contributed by atoms with van der Waals surface area (Å²) in [6.45, 7) is -2.88. The first-order chi connectivity index (χ1) is 11.0. The molecule has 3 nitrogen and oxygen atoms in total. The van der Waals surface area contributed by atoms with Gasteiger partial charge in [0.05, 0.1) is 0 Å². The van der Waals surface area contributed by atoms with Gasteiger partial charge in [-0.25, -0.2) is 4.39 Å². The number of hydrogen-bond acceptors (Lipinski definition) is 3. The third kappa shape index (κ3) is 5.26. The first kappa shape index (κ1) is 17.3. The number of ether oxygens (including phenoxy) is 1. The molecule has 0 aliphatic rings. The van der Waals surface area contributed by atoms with Crippen molar-refractivity contribution in [1.29, 1.82) is 0 Å². The van der Waals surface area contributed by atoms with E-state index in [4.69, 9.17) is 9.79 Å². The van der Waals surface area contributed by atoms with E-state index in [2.05, 4.69) is 16.6 Å². The monoisotopic (exact) mass is 340 g/mol. The van der Waals surface area contributed by atoms with Gasteiger partial charge in [0.1, 0.15) is 5.75 Å². The van der Waals surface area contributed by atoms with Crippen LogP contribution in [0.25, 0.3) is 0 Å². The lowest BCUT2D eigenvalue weighted by Gasteiger charge is -2.09. The van der Waals surface area contributed by atoms with Gasteiger partial charge < -0.3 is 14.5 Å². The number of alkyl halides is 3. The summed E-state index contributed by atoms with van der Waals surface area (Å²) in [4.78, 5) is 17.8. The van der Waals surface area contributed by atoms with E-state index in [1.54, 1.807) is 12.1 Å². The van der Waals surface area contributed by atoms with Gasteiger partial charge in [-0.15, -0.1) is 0 Å². The average Bonchev–Trinajstić information content (AvgIpc) is 2.53. The summed E-state index contributed by atoms with van der Waals surface area (Å²) in [6, 6.07) is 11.9. The molecular weight excluding hydrogens is 328 g/mol. The predicted molar refractivity (Wildman–Crippen MR) is 80.7 cm³/mol. The molecule has 7 heteroatoms. The molecule has 1 atom stereocenters. The second-order valence-electron chi connectivity index (χ2n) is 4.43. The molecule has 0 saturated heterocycles. The normalized spacial score (nSPS) is 12.0. The van der Waals surface area contributed by atoms with Gasteiger partial charge in [0.15, 0.2) is 5.91 Å². The molecule has 2 aromatic carbocycles. The predicted octanol–water partition coefficient (Wildman–Crippen LogP) is 3.95. The van der Waals surface area contributed by atoms with Crippen LogP contribution in [0.1, 0.15) is 22.6 Å². The molecule has 2 N–H and O–H groups in total. The second-order valence-corrected chi connectivity index (χ2v) is 5.53. The molecule has 0 aliphatic carbocycles. The fraction of sp³-hybridized carbons (Fsp3) is 0.125. The molecule has 0 spiro atoms. The molecule has 0 amide bonds. The van der Waals surface area contributed by atoms with E-state index >= 15 is 0 Å². The van der Waals surface area contributed by atoms with Crippen molar-refractivity contribution in [1.82, 2.24) is 0 Å². The molecule has 0 aliphatic heterocycles. The highest BCUT2D eigenvalue weighted by atomic mass is 31.2. The van der Waals surface area contributed by atoms with Gasteiger partial charge in [0.2, 0.25) is 8.38 Å².